The highest BCUT2D eigenvalue weighted by molar-refractivity contribution is 6.39. The molecule has 0 aliphatic carbocycles. The molecule has 0 saturated carbocycles. The van der Waals surface area contributed by atoms with Gasteiger partial charge in [-0.1, -0.05) is 44.2 Å². The smallest absolute Gasteiger partial charge is 0.313 e. The molecule has 22 heavy (non-hydrogen) atoms. The molecule has 0 radical (unpaired) electrons. The number of amides is 2. The fraction of sp³-hybridized carbons (Fsp3) is 0.333. The van der Waals surface area contributed by atoms with Gasteiger partial charge in [-0.3, -0.25) is 9.59 Å². The van der Waals surface area contributed by atoms with Crippen molar-refractivity contribution in [3.8, 4) is 0 Å². The number of benzene rings is 1. The first kappa shape index (κ1) is 17.7. The van der Waals surface area contributed by atoms with Crippen molar-refractivity contribution >= 4 is 17.5 Å². The first-order chi connectivity index (χ1) is 10.6. The van der Waals surface area contributed by atoms with Gasteiger partial charge in [0.15, 0.2) is 0 Å². The molecule has 0 aliphatic rings. The van der Waals surface area contributed by atoms with Gasteiger partial charge in [0.05, 0.1) is 0 Å². The predicted octanol–water partition coefficient (Wildman–Crippen LogP) is 2.95. The Hall–Kier alpha value is -2.36. The Bertz CT molecular complexity index is 532. The third-order valence-corrected chi connectivity index (χ3v) is 3.42. The van der Waals surface area contributed by atoms with E-state index in [4.69, 9.17) is 0 Å². The Kier molecular flexibility index (Phi) is 7.09. The molecule has 1 N–H and O–H groups in total. The van der Waals surface area contributed by atoms with Gasteiger partial charge >= 0.3 is 11.8 Å². The minimum Gasteiger partial charge on any atom is -0.327 e. The monoisotopic (exact) mass is 300 g/mol. The van der Waals surface area contributed by atoms with E-state index < -0.39 is 11.8 Å². The Morgan fingerprint density at radius 2 is 1.59 bits per heavy atom. The first-order valence-electron chi connectivity index (χ1n) is 7.51. The topological polar surface area (TPSA) is 49.4 Å². The van der Waals surface area contributed by atoms with Crippen LogP contribution in [-0.4, -0.2) is 29.8 Å². The van der Waals surface area contributed by atoms with Crippen LogP contribution in [0.1, 0.15) is 25.0 Å². The summed E-state index contributed by atoms with van der Waals surface area (Å²) in [5, 5.41) is 2.78. The molecule has 1 rings (SSSR count). The summed E-state index contributed by atoms with van der Waals surface area (Å²) in [6.07, 6.45) is 4.76. The van der Waals surface area contributed by atoms with E-state index in [0.717, 1.165) is 29.7 Å². The average molecular weight is 300 g/mol. The molecular formula is C18H24N2O2. The Labute approximate surface area is 132 Å². The highest BCUT2D eigenvalue weighted by Crippen LogP contribution is 2.22. The van der Waals surface area contributed by atoms with Gasteiger partial charge in [0, 0.05) is 18.8 Å². The second-order valence-corrected chi connectivity index (χ2v) is 4.90. The van der Waals surface area contributed by atoms with Crippen molar-refractivity contribution in [1.82, 2.24) is 4.90 Å². The summed E-state index contributed by atoms with van der Waals surface area (Å²) in [5.74, 6) is -1.20. The van der Waals surface area contributed by atoms with Crippen molar-refractivity contribution in [2.45, 2.75) is 26.7 Å². The average Bonchev–Trinajstić information content (AvgIpc) is 2.54. The molecule has 0 aromatic heterocycles. The lowest BCUT2D eigenvalue weighted by atomic mass is 10.0. The normalized spacial score (nSPS) is 9.91. The van der Waals surface area contributed by atoms with E-state index in [1.165, 1.54) is 4.90 Å². The maximum absolute atomic E-state index is 12.3. The first-order valence-corrected chi connectivity index (χ1v) is 7.51. The molecule has 1 aromatic carbocycles. The minimum atomic E-state index is -0.626. The summed E-state index contributed by atoms with van der Waals surface area (Å²) >= 11 is 0. The van der Waals surface area contributed by atoms with Crippen molar-refractivity contribution in [2.24, 2.45) is 0 Å². The molecule has 118 valence electrons. The van der Waals surface area contributed by atoms with E-state index >= 15 is 0 Å². The van der Waals surface area contributed by atoms with Crippen LogP contribution >= 0.6 is 0 Å². The molecule has 0 fully saturated rings. The van der Waals surface area contributed by atoms with Crippen molar-refractivity contribution in [2.75, 3.05) is 18.4 Å². The van der Waals surface area contributed by atoms with E-state index in [2.05, 4.69) is 18.5 Å². The quantitative estimate of drug-likeness (QED) is 0.622. The van der Waals surface area contributed by atoms with Gasteiger partial charge in [0.2, 0.25) is 0 Å². The van der Waals surface area contributed by atoms with E-state index in [0.29, 0.717) is 13.1 Å². The van der Waals surface area contributed by atoms with Crippen molar-refractivity contribution in [1.29, 1.82) is 0 Å². The van der Waals surface area contributed by atoms with Gasteiger partial charge in [0.1, 0.15) is 0 Å². The zero-order valence-electron chi connectivity index (χ0n) is 13.4. The number of anilines is 1. The summed E-state index contributed by atoms with van der Waals surface area (Å²) in [6, 6.07) is 5.89. The summed E-state index contributed by atoms with van der Waals surface area (Å²) < 4.78 is 0. The van der Waals surface area contributed by atoms with Crippen molar-refractivity contribution in [3.05, 3.63) is 54.6 Å². The second-order valence-electron chi connectivity index (χ2n) is 4.90. The molecule has 0 atom stereocenters. The largest absolute Gasteiger partial charge is 0.327 e. The Morgan fingerprint density at radius 1 is 1.09 bits per heavy atom. The number of hydrogen-bond donors (Lipinski definition) is 1. The minimum absolute atomic E-state index is 0.314. The standard InChI is InChI=1S/C18H24N2O2/c1-5-12-20(13-6-2)18(22)17(21)19-16-14(7-3)10-9-11-15(16)8-4/h5-6,9-11H,1-2,7-8,12-13H2,3-4H3,(H,19,21). The molecule has 0 spiro atoms. The molecular weight excluding hydrogens is 276 g/mol. The lowest BCUT2D eigenvalue weighted by molar-refractivity contribution is -0.142. The summed E-state index contributed by atoms with van der Waals surface area (Å²) in [5.41, 5.74) is 2.81. The number of carbonyl (C=O) groups excluding carboxylic acids is 2. The molecule has 0 heterocycles. The number of rotatable bonds is 7. The van der Waals surface area contributed by atoms with E-state index in [1.807, 2.05) is 32.0 Å². The van der Waals surface area contributed by atoms with Crippen LogP contribution < -0.4 is 5.32 Å². The lowest BCUT2D eigenvalue weighted by Crippen LogP contribution is -2.40. The number of para-hydroxylation sites is 1. The number of hydrogen-bond acceptors (Lipinski definition) is 2. The number of aryl methyl sites for hydroxylation is 2. The zero-order valence-corrected chi connectivity index (χ0v) is 13.4. The van der Waals surface area contributed by atoms with E-state index in [-0.39, 0.29) is 0 Å². The van der Waals surface area contributed by atoms with Gasteiger partial charge in [-0.2, -0.15) is 0 Å². The fourth-order valence-corrected chi connectivity index (χ4v) is 2.27. The van der Waals surface area contributed by atoms with Crippen LogP contribution in [0, 0.1) is 0 Å². The van der Waals surface area contributed by atoms with Crippen LogP contribution in [0.5, 0.6) is 0 Å². The van der Waals surface area contributed by atoms with Crippen LogP contribution in [0.3, 0.4) is 0 Å². The third kappa shape index (κ3) is 4.32. The molecule has 1 aromatic rings. The van der Waals surface area contributed by atoms with E-state index in [9.17, 15) is 9.59 Å². The number of nitrogens with zero attached hydrogens (tertiary/aromatic N) is 1. The Balaban J connectivity index is 2.98. The second kappa shape index (κ2) is 8.82. The van der Waals surface area contributed by atoms with Crippen LogP contribution in [0.2, 0.25) is 0 Å². The number of nitrogens with one attached hydrogen (secondary N) is 1. The molecule has 0 unspecified atom stereocenters. The van der Waals surface area contributed by atoms with Crippen LogP contribution in [0.4, 0.5) is 5.69 Å². The van der Waals surface area contributed by atoms with Crippen molar-refractivity contribution < 1.29 is 9.59 Å². The van der Waals surface area contributed by atoms with Gasteiger partial charge in [-0.15, -0.1) is 13.2 Å². The van der Waals surface area contributed by atoms with Gasteiger partial charge in [0.25, 0.3) is 0 Å². The fourth-order valence-electron chi connectivity index (χ4n) is 2.27. The van der Waals surface area contributed by atoms with Crippen molar-refractivity contribution in [3.63, 3.8) is 0 Å². The highest BCUT2D eigenvalue weighted by atomic mass is 16.2. The summed E-state index contributed by atoms with van der Waals surface area (Å²) in [7, 11) is 0. The molecule has 4 heteroatoms. The van der Waals surface area contributed by atoms with Crippen LogP contribution in [-0.2, 0) is 22.4 Å². The van der Waals surface area contributed by atoms with Gasteiger partial charge < -0.3 is 10.2 Å². The molecule has 4 nitrogen and oxygen atoms in total. The summed E-state index contributed by atoms with van der Waals surface area (Å²) in [6.45, 7) is 11.9. The highest BCUT2D eigenvalue weighted by Gasteiger charge is 2.21. The van der Waals surface area contributed by atoms with Crippen LogP contribution in [0.25, 0.3) is 0 Å². The van der Waals surface area contributed by atoms with E-state index in [1.54, 1.807) is 12.2 Å². The summed E-state index contributed by atoms with van der Waals surface area (Å²) in [4.78, 5) is 25.9. The molecule has 0 aliphatic heterocycles. The zero-order chi connectivity index (χ0) is 16.5. The van der Waals surface area contributed by atoms with Gasteiger partial charge in [-0.05, 0) is 24.0 Å². The lowest BCUT2D eigenvalue weighted by Gasteiger charge is -2.20. The third-order valence-electron chi connectivity index (χ3n) is 3.42. The SMILES string of the molecule is C=CCN(CC=C)C(=O)C(=O)Nc1c(CC)cccc1CC. The predicted molar refractivity (Wildman–Crippen MR) is 90.8 cm³/mol. The number of carbonyl (C=O) groups is 2. The maximum Gasteiger partial charge on any atom is 0.313 e. The molecule has 2 amide bonds. The Morgan fingerprint density at radius 3 is 2.00 bits per heavy atom. The molecule has 0 saturated heterocycles. The maximum atomic E-state index is 12.3. The molecule has 0 bridgehead atoms. The van der Waals surface area contributed by atoms with Crippen LogP contribution in [0.15, 0.2) is 43.5 Å². The van der Waals surface area contributed by atoms with Gasteiger partial charge in [-0.25, -0.2) is 0 Å².